The molecule has 1 aromatic carbocycles. The highest BCUT2D eigenvalue weighted by atomic mass is 19.1. The summed E-state index contributed by atoms with van der Waals surface area (Å²) in [5.74, 6) is -1.85. The largest absolute Gasteiger partial charge is 0.505 e. The van der Waals surface area contributed by atoms with Crippen molar-refractivity contribution in [3.63, 3.8) is 0 Å². The molecule has 1 aromatic heterocycles. The van der Waals surface area contributed by atoms with E-state index in [1.807, 2.05) is 0 Å². The molecule has 0 fully saturated rings. The third-order valence-electron chi connectivity index (χ3n) is 2.74. The number of phenolic OH excluding ortho intramolecular Hbond substituents is 1. The Labute approximate surface area is 120 Å². The SMILES string of the molecule is NC=C(CNC(=O)c1ccc(O)c(F)c1)c1cnccn1. The molecule has 108 valence electrons. The number of amides is 1. The second kappa shape index (κ2) is 6.47. The van der Waals surface area contributed by atoms with Crippen LogP contribution >= 0.6 is 0 Å². The Bertz CT molecular complexity index is 674. The number of carbonyl (C=O) groups excluding carboxylic acids is 1. The van der Waals surface area contributed by atoms with Gasteiger partial charge in [-0.1, -0.05) is 0 Å². The molecule has 1 amide bonds. The standard InChI is InChI=1S/C14H13FN4O2/c15-11-5-9(1-2-13(11)20)14(21)19-7-10(6-16)12-8-17-3-4-18-12/h1-6,8,20H,7,16H2,(H,19,21). The van der Waals surface area contributed by atoms with Crippen molar-refractivity contribution in [2.45, 2.75) is 0 Å². The number of nitrogens with two attached hydrogens (primary N) is 1. The molecule has 0 bridgehead atoms. The molecule has 0 atom stereocenters. The van der Waals surface area contributed by atoms with E-state index >= 15 is 0 Å². The first-order valence-corrected chi connectivity index (χ1v) is 6.05. The molecule has 2 rings (SSSR count). The molecule has 6 nitrogen and oxygen atoms in total. The summed E-state index contributed by atoms with van der Waals surface area (Å²) < 4.78 is 13.2. The van der Waals surface area contributed by atoms with E-state index in [1.54, 1.807) is 0 Å². The Morgan fingerprint density at radius 3 is 2.86 bits per heavy atom. The summed E-state index contributed by atoms with van der Waals surface area (Å²) >= 11 is 0. The average Bonchev–Trinajstić information content (AvgIpc) is 2.51. The average molecular weight is 288 g/mol. The number of carbonyl (C=O) groups is 1. The van der Waals surface area contributed by atoms with Crippen LogP contribution in [0.3, 0.4) is 0 Å². The molecule has 1 heterocycles. The number of nitrogens with one attached hydrogen (secondary N) is 1. The maximum Gasteiger partial charge on any atom is 0.251 e. The lowest BCUT2D eigenvalue weighted by Crippen LogP contribution is -2.25. The molecule has 0 saturated carbocycles. The molecule has 21 heavy (non-hydrogen) atoms. The van der Waals surface area contributed by atoms with E-state index in [1.165, 1.54) is 30.9 Å². The summed E-state index contributed by atoms with van der Waals surface area (Å²) in [5.41, 5.74) is 6.72. The lowest BCUT2D eigenvalue weighted by molar-refractivity contribution is 0.0958. The van der Waals surface area contributed by atoms with Crippen molar-refractivity contribution in [2.24, 2.45) is 5.73 Å². The highest BCUT2D eigenvalue weighted by Gasteiger charge is 2.10. The molecule has 0 aliphatic heterocycles. The van der Waals surface area contributed by atoms with Crippen LogP contribution in [-0.2, 0) is 0 Å². The van der Waals surface area contributed by atoms with Crippen molar-refractivity contribution in [3.8, 4) is 5.75 Å². The topological polar surface area (TPSA) is 101 Å². The van der Waals surface area contributed by atoms with Crippen LogP contribution in [0.2, 0.25) is 0 Å². The van der Waals surface area contributed by atoms with E-state index in [2.05, 4.69) is 15.3 Å². The van der Waals surface area contributed by atoms with E-state index in [4.69, 9.17) is 10.8 Å². The van der Waals surface area contributed by atoms with Gasteiger partial charge in [0.2, 0.25) is 0 Å². The summed E-state index contributed by atoms with van der Waals surface area (Å²) in [6, 6.07) is 3.40. The Kier molecular flexibility index (Phi) is 4.45. The normalized spacial score (nSPS) is 11.2. The first-order valence-electron chi connectivity index (χ1n) is 6.05. The first kappa shape index (κ1) is 14.4. The molecular formula is C14H13FN4O2. The molecule has 0 aliphatic carbocycles. The molecule has 4 N–H and O–H groups in total. The van der Waals surface area contributed by atoms with Crippen molar-refractivity contribution >= 4 is 11.5 Å². The van der Waals surface area contributed by atoms with Crippen molar-refractivity contribution in [1.82, 2.24) is 15.3 Å². The minimum absolute atomic E-state index is 0.0980. The van der Waals surface area contributed by atoms with E-state index in [-0.39, 0.29) is 12.1 Å². The number of aromatic hydroxyl groups is 1. The highest BCUT2D eigenvalue weighted by molar-refractivity contribution is 5.95. The van der Waals surface area contributed by atoms with Crippen molar-refractivity contribution in [2.75, 3.05) is 6.54 Å². The second-order valence-corrected chi connectivity index (χ2v) is 4.13. The van der Waals surface area contributed by atoms with E-state index < -0.39 is 17.5 Å². The van der Waals surface area contributed by atoms with Gasteiger partial charge in [0.1, 0.15) is 0 Å². The van der Waals surface area contributed by atoms with Gasteiger partial charge in [-0.15, -0.1) is 0 Å². The van der Waals surface area contributed by atoms with Gasteiger partial charge in [-0.05, 0) is 18.2 Å². The van der Waals surface area contributed by atoms with E-state index in [9.17, 15) is 9.18 Å². The minimum Gasteiger partial charge on any atom is -0.505 e. The van der Waals surface area contributed by atoms with Gasteiger partial charge in [0, 0.05) is 36.3 Å². The zero-order chi connectivity index (χ0) is 15.2. The zero-order valence-corrected chi connectivity index (χ0v) is 11.0. The van der Waals surface area contributed by atoms with Gasteiger partial charge in [0.15, 0.2) is 11.6 Å². The Morgan fingerprint density at radius 1 is 1.43 bits per heavy atom. The number of benzene rings is 1. The van der Waals surface area contributed by atoms with Gasteiger partial charge in [-0.25, -0.2) is 4.39 Å². The molecule has 0 aliphatic rings. The lowest BCUT2D eigenvalue weighted by Gasteiger charge is -2.08. The van der Waals surface area contributed by atoms with Crippen LogP contribution in [0.4, 0.5) is 4.39 Å². The van der Waals surface area contributed by atoms with Crippen LogP contribution in [0.15, 0.2) is 43.0 Å². The van der Waals surface area contributed by atoms with Crippen LogP contribution in [0, 0.1) is 5.82 Å². The second-order valence-electron chi connectivity index (χ2n) is 4.13. The molecule has 0 saturated heterocycles. The van der Waals surface area contributed by atoms with Gasteiger partial charge >= 0.3 is 0 Å². The molecule has 0 spiro atoms. The van der Waals surface area contributed by atoms with Gasteiger partial charge in [0.25, 0.3) is 5.91 Å². The van der Waals surface area contributed by atoms with Gasteiger partial charge in [0.05, 0.1) is 11.9 Å². The Balaban J connectivity index is 2.05. The maximum atomic E-state index is 13.2. The van der Waals surface area contributed by atoms with Gasteiger partial charge in [-0.2, -0.15) is 0 Å². The van der Waals surface area contributed by atoms with Crippen molar-refractivity contribution < 1.29 is 14.3 Å². The predicted octanol–water partition coefficient (Wildman–Crippen LogP) is 1.05. The van der Waals surface area contributed by atoms with Crippen molar-refractivity contribution in [1.29, 1.82) is 0 Å². The maximum absolute atomic E-state index is 13.2. The predicted molar refractivity (Wildman–Crippen MR) is 74.6 cm³/mol. The summed E-state index contributed by atoms with van der Waals surface area (Å²) in [5, 5.41) is 11.7. The van der Waals surface area contributed by atoms with Crippen LogP contribution in [0.5, 0.6) is 5.75 Å². The van der Waals surface area contributed by atoms with E-state index in [0.29, 0.717) is 11.3 Å². The summed E-state index contributed by atoms with van der Waals surface area (Å²) in [6.45, 7) is 0.122. The fourth-order valence-corrected chi connectivity index (χ4v) is 1.63. The third-order valence-corrected chi connectivity index (χ3v) is 2.74. The third kappa shape index (κ3) is 3.53. The van der Waals surface area contributed by atoms with Crippen molar-refractivity contribution in [3.05, 3.63) is 60.1 Å². The smallest absolute Gasteiger partial charge is 0.251 e. The quantitative estimate of drug-likeness (QED) is 0.780. The summed E-state index contributed by atoms with van der Waals surface area (Å²) in [6.07, 6.45) is 5.87. The zero-order valence-electron chi connectivity index (χ0n) is 11.0. The van der Waals surface area contributed by atoms with Crippen LogP contribution in [-0.4, -0.2) is 27.5 Å². The van der Waals surface area contributed by atoms with Crippen LogP contribution in [0.1, 0.15) is 16.1 Å². The van der Waals surface area contributed by atoms with Crippen LogP contribution < -0.4 is 11.1 Å². The Morgan fingerprint density at radius 2 is 2.24 bits per heavy atom. The number of aromatic nitrogens is 2. The Hall–Kier alpha value is -2.96. The van der Waals surface area contributed by atoms with Crippen LogP contribution in [0.25, 0.3) is 5.57 Å². The molecule has 2 aromatic rings. The molecule has 0 unspecified atom stereocenters. The highest BCUT2D eigenvalue weighted by Crippen LogP contribution is 2.16. The minimum atomic E-state index is -0.855. The number of rotatable bonds is 4. The first-order chi connectivity index (χ1) is 10.1. The summed E-state index contributed by atoms with van der Waals surface area (Å²) in [4.78, 5) is 19.9. The summed E-state index contributed by atoms with van der Waals surface area (Å²) in [7, 11) is 0. The molecule has 0 radical (unpaired) electrons. The number of hydrogen-bond donors (Lipinski definition) is 3. The van der Waals surface area contributed by atoms with Gasteiger partial charge < -0.3 is 16.2 Å². The molecular weight excluding hydrogens is 275 g/mol. The molecule has 7 heteroatoms. The fourth-order valence-electron chi connectivity index (χ4n) is 1.63. The number of nitrogens with zero attached hydrogens (tertiary/aromatic N) is 2. The monoisotopic (exact) mass is 288 g/mol. The van der Waals surface area contributed by atoms with Gasteiger partial charge in [-0.3, -0.25) is 14.8 Å². The lowest BCUT2D eigenvalue weighted by atomic mass is 10.1. The number of phenols is 1. The van der Waals surface area contributed by atoms with E-state index in [0.717, 1.165) is 12.1 Å². The number of hydrogen-bond acceptors (Lipinski definition) is 5. The number of halogens is 1. The fraction of sp³-hybridized carbons (Fsp3) is 0.0714.